The lowest BCUT2D eigenvalue weighted by Crippen LogP contribution is -2.47. The van der Waals surface area contributed by atoms with Gasteiger partial charge in [0.05, 0.1) is 22.8 Å². The van der Waals surface area contributed by atoms with E-state index in [4.69, 9.17) is 20.9 Å². The number of pyridine rings is 1. The smallest absolute Gasteiger partial charge is 0.105 e. The Balaban J connectivity index is 1.89. The van der Waals surface area contributed by atoms with Gasteiger partial charge in [-0.1, -0.05) is 24.3 Å². The molecular weight excluding hydrogens is 274 g/mol. The highest BCUT2D eigenvalue weighted by molar-refractivity contribution is 5.90. The van der Waals surface area contributed by atoms with E-state index < -0.39 is 5.54 Å². The molecule has 1 aromatic carbocycles. The van der Waals surface area contributed by atoms with E-state index in [-0.39, 0.29) is 0 Å². The highest BCUT2D eigenvalue weighted by Crippen LogP contribution is 2.21. The molecular formula is C18H17N3O. The fourth-order valence-corrected chi connectivity index (χ4v) is 3.08. The highest BCUT2D eigenvalue weighted by atomic mass is 16.3. The van der Waals surface area contributed by atoms with Crippen LogP contribution in [-0.4, -0.2) is 10.5 Å². The third kappa shape index (κ3) is 2.09. The van der Waals surface area contributed by atoms with Crippen molar-refractivity contribution in [2.24, 2.45) is 5.73 Å². The first-order chi connectivity index (χ1) is 10.6. The van der Waals surface area contributed by atoms with Gasteiger partial charge in [0.1, 0.15) is 5.76 Å². The van der Waals surface area contributed by atoms with Crippen molar-refractivity contribution in [2.45, 2.75) is 18.4 Å². The molecule has 4 N–H and O–H groups in total. The average Bonchev–Trinajstić information content (AvgIpc) is 2.99. The Morgan fingerprint density at radius 1 is 1.18 bits per heavy atom. The Kier molecular flexibility index (Phi) is 2.81. The van der Waals surface area contributed by atoms with Gasteiger partial charge in [-0.2, -0.15) is 0 Å². The van der Waals surface area contributed by atoms with Crippen LogP contribution >= 0.6 is 0 Å². The molecule has 3 aromatic rings. The summed E-state index contributed by atoms with van der Waals surface area (Å²) in [6.07, 6.45) is 7.14. The van der Waals surface area contributed by atoms with Crippen LogP contribution in [0, 0.1) is 0 Å². The van der Waals surface area contributed by atoms with Gasteiger partial charge in [-0.15, -0.1) is 0 Å². The van der Waals surface area contributed by atoms with Crippen molar-refractivity contribution in [1.82, 2.24) is 4.98 Å². The maximum atomic E-state index is 6.53. The largest absolute Gasteiger partial charge is 0.469 e. The van der Waals surface area contributed by atoms with E-state index in [1.54, 1.807) is 6.26 Å². The predicted molar refractivity (Wildman–Crippen MR) is 88.3 cm³/mol. The molecule has 4 nitrogen and oxygen atoms in total. The maximum absolute atomic E-state index is 6.53. The zero-order chi connectivity index (χ0) is 15.2. The van der Waals surface area contributed by atoms with Crippen LogP contribution in [0.25, 0.3) is 23.1 Å². The number of anilines is 1. The number of benzene rings is 1. The summed E-state index contributed by atoms with van der Waals surface area (Å²) < 4.78 is 5.42. The number of hydrogen-bond donors (Lipinski definition) is 2. The van der Waals surface area contributed by atoms with Crippen LogP contribution in [0.2, 0.25) is 0 Å². The van der Waals surface area contributed by atoms with E-state index in [9.17, 15) is 0 Å². The minimum Gasteiger partial charge on any atom is -0.469 e. The quantitative estimate of drug-likeness (QED) is 0.746. The summed E-state index contributed by atoms with van der Waals surface area (Å²) in [6, 6.07) is 11.7. The second kappa shape index (κ2) is 4.71. The van der Waals surface area contributed by atoms with Crippen molar-refractivity contribution in [2.75, 3.05) is 5.73 Å². The van der Waals surface area contributed by atoms with Crippen molar-refractivity contribution in [1.29, 1.82) is 0 Å². The van der Waals surface area contributed by atoms with E-state index in [1.807, 2.05) is 42.5 Å². The van der Waals surface area contributed by atoms with Gasteiger partial charge in [-0.05, 0) is 30.7 Å². The van der Waals surface area contributed by atoms with Gasteiger partial charge in [-0.3, -0.25) is 0 Å². The minimum absolute atomic E-state index is 0.493. The van der Waals surface area contributed by atoms with Gasteiger partial charge < -0.3 is 15.9 Å². The first kappa shape index (κ1) is 13.1. The van der Waals surface area contributed by atoms with Crippen molar-refractivity contribution in [3.8, 4) is 0 Å². The maximum Gasteiger partial charge on any atom is 0.105 e. The van der Waals surface area contributed by atoms with Crippen molar-refractivity contribution in [3.05, 3.63) is 59.0 Å². The molecule has 1 atom stereocenters. The number of aromatic nitrogens is 1. The highest BCUT2D eigenvalue weighted by Gasteiger charge is 2.25. The molecule has 0 fully saturated rings. The minimum atomic E-state index is -0.493. The van der Waals surface area contributed by atoms with E-state index in [1.165, 1.54) is 0 Å². The molecule has 0 amide bonds. The first-order valence-electron chi connectivity index (χ1n) is 7.33. The van der Waals surface area contributed by atoms with E-state index in [0.717, 1.165) is 32.9 Å². The van der Waals surface area contributed by atoms with E-state index in [0.29, 0.717) is 12.8 Å². The first-order valence-corrected chi connectivity index (χ1v) is 7.33. The summed E-state index contributed by atoms with van der Waals surface area (Å²) in [7, 11) is 0. The molecule has 0 aliphatic heterocycles. The van der Waals surface area contributed by atoms with Gasteiger partial charge in [0.25, 0.3) is 0 Å². The zero-order valence-corrected chi connectivity index (χ0v) is 12.1. The molecule has 110 valence electrons. The summed E-state index contributed by atoms with van der Waals surface area (Å²) in [5.41, 5.74) is 14.0. The number of rotatable bonds is 2. The lowest BCUT2D eigenvalue weighted by Gasteiger charge is -2.26. The van der Waals surface area contributed by atoms with Gasteiger partial charge >= 0.3 is 0 Å². The Bertz CT molecular complexity index is 960. The Hall–Kier alpha value is -2.59. The van der Waals surface area contributed by atoms with Gasteiger partial charge in [-0.25, -0.2) is 4.98 Å². The molecule has 2 aromatic heterocycles. The molecule has 4 rings (SSSR count). The van der Waals surface area contributed by atoms with Crippen LogP contribution in [0.1, 0.15) is 12.2 Å². The van der Waals surface area contributed by atoms with Crippen LogP contribution in [-0.2, 0) is 6.42 Å². The molecule has 2 heterocycles. The number of nitrogens with two attached hydrogens (primary N) is 2. The molecule has 0 radical (unpaired) electrons. The summed E-state index contributed by atoms with van der Waals surface area (Å²) in [5, 5.41) is 2.83. The Morgan fingerprint density at radius 3 is 2.86 bits per heavy atom. The Morgan fingerprint density at radius 2 is 2.05 bits per heavy atom. The lowest BCUT2D eigenvalue weighted by atomic mass is 9.87. The number of hydrogen-bond acceptors (Lipinski definition) is 4. The molecule has 0 saturated carbocycles. The van der Waals surface area contributed by atoms with Crippen molar-refractivity contribution in [3.63, 3.8) is 0 Å². The van der Waals surface area contributed by atoms with Gasteiger partial charge in [0.15, 0.2) is 0 Å². The number of nitrogen functional groups attached to an aromatic ring is 1. The SMILES string of the molecule is Nc1c2c(nc3ccccc13)=CC(N)(Cc1ccco1)CC=2. The fraction of sp³-hybridized carbons (Fsp3) is 0.167. The molecule has 1 aliphatic rings. The normalized spacial score (nSPS) is 20.2. The zero-order valence-electron chi connectivity index (χ0n) is 12.1. The van der Waals surface area contributed by atoms with Crippen molar-refractivity contribution < 1.29 is 4.42 Å². The third-order valence-corrected chi connectivity index (χ3v) is 4.20. The molecule has 0 spiro atoms. The lowest BCUT2D eigenvalue weighted by molar-refractivity contribution is 0.454. The summed E-state index contributed by atoms with van der Waals surface area (Å²) >= 11 is 0. The van der Waals surface area contributed by atoms with Crippen molar-refractivity contribution >= 4 is 28.7 Å². The molecule has 0 saturated heterocycles. The number of para-hydroxylation sites is 1. The Labute approximate surface area is 127 Å². The second-order valence-electron chi connectivity index (χ2n) is 5.88. The van der Waals surface area contributed by atoms with E-state index >= 15 is 0 Å². The van der Waals surface area contributed by atoms with Crippen LogP contribution in [0.15, 0.2) is 47.1 Å². The number of furan rings is 1. The van der Waals surface area contributed by atoms with Gasteiger partial charge in [0.2, 0.25) is 0 Å². The van der Waals surface area contributed by atoms with Crippen LogP contribution in [0.3, 0.4) is 0 Å². The van der Waals surface area contributed by atoms with Crippen LogP contribution in [0.4, 0.5) is 5.69 Å². The third-order valence-electron chi connectivity index (χ3n) is 4.20. The molecule has 22 heavy (non-hydrogen) atoms. The average molecular weight is 291 g/mol. The van der Waals surface area contributed by atoms with Gasteiger partial charge in [0, 0.05) is 22.6 Å². The van der Waals surface area contributed by atoms with Crippen LogP contribution in [0.5, 0.6) is 0 Å². The molecule has 1 aliphatic carbocycles. The monoisotopic (exact) mass is 291 g/mol. The summed E-state index contributed by atoms with van der Waals surface area (Å²) in [5.74, 6) is 0.879. The fourth-order valence-electron chi connectivity index (χ4n) is 3.08. The summed E-state index contributed by atoms with van der Waals surface area (Å²) in [4.78, 5) is 4.72. The standard InChI is InChI=1S/C18H17N3O/c19-17-13-5-1-2-6-15(13)21-16-11-18(20,8-7-14(16)17)10-12-4-3-9-22-12/h1-7,9,11H,8,10,19-20H2. The van der Waals surface area contributed by atoms with Crippen LogP contribution < -0.4 is 22.0 Å². The number of fused-ring (bicyclic) bond motifs is 2. The summed E-state index contributed by atoms with van der Waals surface area (Å²) in [6.45, 7) is 0. The number of nitrogens with zero attached hydrogens (tertiary/aromatic N) is 1. The molecule has 1 unspecified atom stereocenters. The predicted octanol–water partition coefficient (Wildman–Crippen LogP) is 1.31. The second-order valence-corrected chi connectivity index (χ2v) is 5.88. The van der Waals surface area contributed by atoms with E-state index in [2.05, 4.69) is 6.08 Å². The molecule has 0 bridgehead atoms. The molecule has 4 heteroatoms. The topological polar surface area (TPSA) is 78.1 Å².